The monoisotopic (exact) mass is 1230 g/mol. The largest absolute Gasteiger partial charge is 0.466 e. The summed E-state index contributed by atoms with van der Waals surface area (Å²) in [5.74, 6) is -0.184. The molecule has 0 aliphatic carbocycles. The number of nitrogens with one attached hydrogen (secondary N) is 1. The van der Waals surface area contributed by atoms with Crippen LogP contribution in [0.3, 0.4) is 0 Å². The molecule has 1 aliphatic rings. The number of hydrogen-bond donors (Lipinski definition) is 6. The van der Waals surface area contributed by atoms with Gasteiger partial charge in [-0.25, -0.2) is 0 Å². The molecule has 0 spiro atoms. The van der Waals surface area contributed by atoms with Crippen molar-refractivity contribution < 1.29 is 49.3 Å². The van der Waals surface area contributed by atoms with E-state index in [0.717, 1.165) is 70.6 Å². The fourth-order valence-electron chi connectivity index (χ4n) is 11.6. The van der Waals surface area contributed by atoms with E-state index >= 15 is 0 Å². The molecular weight excluding hydrogens is 1090 g/mol. The zero-order valence-electron chi connectivity index (χ0n) is 56.5. The summed E-state index contributed by atoms with van der Waals surface area (Å²) in [6.07, 6.45) is 76.8. The molecule has 7 unspecified atom stereocenters. The lowest BCUT2D eigenvalue weighted by molar-refractivity contribution is -0.302. The van der Waals surface area contributed by atoms with E-state index in [1.807, 2.05) is 6.08 Å². The van der Waals surface area contributed by atoms with Gasteiger partial charge in [-0.05, 0) is 83.5 Å². The second-order valence-corrected chi connectivity index (χ2v) is 25.6. The Morgan fingerprint density at radius 3 is 1.25 bits per heavy atom. The van der Waals surface area contributed by atoms with Crippen molar-refractivity contribution in [2.75, 3.05) is 19.8 Å². The molecule has 11 nitrogen and oxygen atoms in total. The molecule has 1 aliphatic heterocycles. The van der Waals surface area contributed by atoms with E-state index in [9.17, 15) is 35.1 Å². The van der Waals surface area contributed by atoms with E-state index < -0.39 is 49.5 Å². The number of carbonyl (C=O) groups excluding carboxylic acids is 2. The highest BCUT2D eigenvalue weighted by molar-refractivity contribution is 5.76. The molecule has 1 fully saturated rings. The minimum Gasteiger partial charge on any atom is -0.466 e. The van der Waals surface area contributed by atoms with Crippen LogP contribution in [0.1, 0.15) is 348 Å². The first-order valence-electron chi connectivity index (χ1n) is 37.1. The molecule has 0 aromatic carbocycles. The average molecular weight is 1230 g/mol. The predicted molar refractivity (Wildman–Crippen MR) is 366 cm³/mol. The quantitative estimate of drug-likeness (QED) is 0.0195. The number of ether oxygens (including phenoxy) is 3. The fraction of sp³-hybridized carbons (Fsp3) is 0.842. The number of carbonyl (C=O) groups is 2. The first kappa shape index (κ1) is 82.4. The van der Waals surface area contributed by atoms with E-state index in [0.29, 0.717) is 19.4 Å². The van der Waals surface area contributed by atoms with Crippen LogP contribution in [0.4, 0.5) is 0 Å². The minimum atomic E-state index is -1.58. The van der Waals surface area contributed by atoms with Gasteiger partial charge >= 0.3 is 5.97 Å². The molecule has 0 bridgehead atoms. The summed E-state index contributed by atoms with van der Waals surface area (Å²) in [6.45, 7) is 4.23. The molecule has 0 saturated carbocycles. The van der Waals surface area contributed by atoms with Gasteiger partial charge in [0.1, 0.15) is 24.4 Å². The Balaban J connectivity index is 1.91. The third-order valence-corrected chi connectivity index (χ3v) is 17.3. The van der Waals surface area contributed by atoms with E-state index in [1.165, 1.54) is 250 Å². The van der Waals surface area contributed by atoms with Gasteiger partial charge in [0.05, 0.1) is 32.0 Å². The average Bonchev–Trinajstić information content (AvgIpc) is 2.25. The molecule has 1 rings (SSSR count). The molecule has 6 N–H and O–H groups in total. The summed E-state index contributed by atoms with van der Waals surface area (Å²) in [7, 11) is 0. The van der Waals surface area contributed by atoms with Crippen LogP contribution in [-0.2, 0) is 23.8 Å². The Kier molecular flexibility index (Phi) is 61.4. The number of allylic oxidation sites excluding steroid dienone is 9. The van der Waals surface area contributed by atoms with Gasteiger partial charge in [-0.1, -0.05) is 312 Å². The molecule has 1 heterocycles. The van der Waals surface area contributed by atoms with Crippen molar-refractivity contribution in [2.45, 2.75) is 391 Å². The Labute approximate surface area is 535 Å². The molecule has 0 radical (unpaired) electrons. The van der Waals surface area contributed by atoms with Crippen molar-refractivity contribution >= 4 is 11.9 Å². The SMILES string of the molecule is CC/C=C/CC/C=C/CC/C=C/C(O)C(COC1OC(CO)C(O)C(O)C1O)NC(=O)CCCCCCCCCCCCCCCCCCC/C=C\C/C=C\CCCCCCCCCCCCCOC(=O)CCCCCCCCCCCCCCCC. The third kappa shape index (κ3) is 53.7. The van der Waals surface area contributed by atoms with Crippen LogP contribution in [0.25, 0.3) is 0 Å². The van der Waals surface area contributed by atoms with Gasteiger partial charge in [0, 0.05) is 12.8 Å². The van der Waals surface area contributed by atoms with Gasteiger partial charge < -0.3 is 45.1 Å². The number of aliphatic hydroxyl groups excluding tert-OH is 5. The summed E-state index contributed by atoms with van der Waals surface area (Å²) >= 11 is 0. The molecular formula is C76H139NO10. The third-order valence-electron chi connectivity index (χ3n) is 17.3. The number of amides is 1. The summed E-state index contributed by atoms with van der Waals surface area (Å²) in [4.78, 5) is 25.1. The lowest BCUT2D eigenvalue weighted by Gasteiger charge is -2.40. The highest BCUT2D eigenvalue weighted by Crippen LogP contribution is 2.23. The van der Waals surface area contributed by atoms with Crippen molar-refractivity contribution in [3.63, 3.8) is 0 Å². The highest BCUT2D eigenvalue weighted by Gasteiger charge is 2.44. The Bertz CT molecular complexity index is 1630. The maximum Gasteiger partial charge on any atom is 0.305 e. The Morgan fingerprint density at radius 2 is 0.816 bits per heavy atom. The second-order valence-electron chi connectivity index (χ2n) is 25.6. The summed E-state index contributed by atoms with van der Waals surface area (Å²) in [5, 5.41) is 54.3. The summed E-state index contributed by atoms with van der Waals surface area (Å²) in [6, 6.07) is -0.833. The Hall–Kier alpha value is -2.64. The topological polar surface area (TPSA) is 175 Å². The summed E-state index contributed by atoms with van der Waals surface area (Å²) in [5.41, 5.74) is 0. The Morgan fingerprint density at radius 1 is 0.437 bits per heavy atom. The lowest BCUT2D eigenvalue weighted by Crippen LogP contribution is -2.60. The second kappa shape index (κ2) is 64.9. The molecule has 0 aromatic heterocycles. The van der Waals surface area contributed by atoms with Crippen LogP contribution in [0.5, 0.6) is 0 Å². The normalized spacial score (nSPS) is 18.2. The van der Waals surface area contributed by atoms with Crippen LogP contribution in [0.15, 0.2) is 60.8 Å². The lowest BCUT2D eigenvalue weighted by atomic mass is 9.99. The molecule has 1 amide bonds. The molecule has 1 saturated heterocycles. The van der Waals surface area contributed by atoms with Crippen LogP contribution >= 0.6 is 0 Å². The van der Waals surface area contributed by atoms with Crippen LogP contribution < -0.4 is 5.32 Å². The smallest absolute Gasteiger partial charge is 0.305 e. The van der Waals surface area contributed by atoms with Gasteiger partial charge in [0.15, 0.2) is 6.29 Å². The van der Waals surface area contributed by atoms with Gasteiger partial charge in [-0.2, -0.15) is 0 Å². The standard InChI is InChI=1S/C76H139NO10/c1-3-5-7-9-11-13-15-16-41-44-48-52-56-60-64-72(81)85-65-61-57-53-49-45-42-39-37-35-33-31-29-27-25-23-21-19-17-18-20-22-24-26-28-30-32-34-36-38-40-43-47-51-55-59-63-71(80)77-68(67-86-76-75(84)74(83)73(82)70(66-78)87-76)69(79)62-58-54-50-46-14-12-10-8-6-4-2/h6,8,14,19,21,25,27,46,58,62,68-70,73-76,78-79,82-84H,3-5,7,9-13,15-18,20,22-24,26,28-45,47-57,59-61,63-67H2,1-2H3,(H,77,80)/b8-6+,21-19-,27-25-,46-14+,62-58+. The first-order valence-corrected chi connectivity index (χ1v) is 37.1. The van der Waals surface area contributed by atoms with Crippen LogP contribution in [0.2, 0.25) is 0 Å². The van der Waals surface area contributed by atoms with Gasteiger partial charge in [0.2, 0.25) is 5.91 Å². The molecule has 0 aromatic rings. The molecule has 7 atom stereocenters. The maximum atomic E-state index is 13.0. The molecule has 11 heteroatoms. The van der Waals surface area contributed by atoms with E-state index in [-0.39, 0.29) is 18.5 Å². The molecule has 508 valence electrons. The number of unbranched alkanes of at least 4 members (excludes halogenated alkanes) is 43. The van der Waals surface area contributed by atoms with Crippen molar-refractivity contribution in [1.82, 2.24) is 5.32 Å². The van der Waals surface area contributed by atoms with E-state index in [4.69, 9.17) is 14.2 Å². The zero-order valence-corrected chi connectivity index (χ0v) is 56.5. The van der Waals surface area contributed by atoms with Crippen molar-refractivity contribution in [3.8, 4) is 0 Å². The number of esters is 1. The van der Waals surface area contributed by atoms with Crippen LogP contribution in [0, 0.1) is 0 Å². The number of rotatable bonds is 65. The summed E-state index contributed by atoms with van der Waals surface area (Å²) < 4.78 is 16.7. The van der Waals surface area contributed by atoms with Crippen LogP contribution in [-0.4, -0.2) is 100 Å². The van der Waals surface area contributed by atoms with E-state index in [2.05, 4.69) is 67.8 Å². The van der Waals surface area contributed by atoms with Crippen molar-refractivity contribution in [2.24, 2.45) is 0 Å². The van der Waals surface area contributed by atoms with Gasteiger partial charge in [-0.3, -0.25) is 9.59 Å². The van der Waals surface area contributed by atoms with Gasteiger partial charge in [-0.15, -0.1) is 0 Å². The van der Waals surface area contributed by atoms with Crippen molar-refractivity contribution in [3.05, 3.63) is 60.8 Å². The number of aliphatic hydroxyl groups is 5. The fourth-order valence-corrected chi connectivity index (χ4v) is 11.6. The maximum absolute atomic E-state index is 13.0. The highest BCUT2D eigenvalue weighted by atomic mass is 16.7. The minimum absolute atomic E-state index is 0.0120. The molecule has 87 heavy (non-hydrogen) atoms. The number of hydrogen-bond acceptors (Lipinski definition) is 10. The first-order chi connectivity index (χ1) is 42.7. The van der Waals surface area contributed by atoms with Gasteiger partial charge in [0.25, 0.3) is 0 Å². The van der Waals surface area contributed by atoms with Crippen molar-refractivity contribution in [1.29, 1.82) is 0 Å². The van der Waals surface area contributed by atoms with E-state index in [1.54, 1.807) is 6.08 Å². The predicted octanol–water partition coefficient (Wildman–Crippen LogP) is 19.3. The zero-order chi connectivity index (χ0) is 63.0.